The van der Waals surface area contributed by atoms with Gasteiger partial charge in [-0.1, -0.05) is 60.1 Å². The molecule has 0 unspecified atom stereocenters. The number of benzene rings is 3. The number of phenols is 1. The molecule has 1 heterocycles. The molecule has 4 nitrogen and oxygen atoms in total. The summed E-state index contributed by atoms with van der Waals surface area (Å²) in [4.78, 5) is 28.3. The van der Waals surface area contributed by atoms with E-state index in [-0.39, 0.29) is 35.1 Å². The summed E-state index contributed by atoms with van der Waals surface area (Å²) in [6.45, 7) is 0. The average Bonchev–Trinajstić information content (AvgIpc) is 2.99. The van der Waals surface area contributed by atoms with E-state index in [2.05, 4.69) is 24.3 Å². The summed E-state index contributed by atoms with van der Waals surface area (Å²) in [6.07, 6.45) is 0. The standard InChI is InChI=1S/C24H16ClNO3/c25-12-9-10-17(18(27)11-12)26-23(28)21-19-13-5-1-2-6-14(13)20(22(21)24(26)29)16-8-4-3-7-15(16)19/h1-11,19-22,27H/t19?,20?,21-,22-/m1/s1. The summed E-state index contributed by atoms with van der Waals surface area (Å²) in [6, 6.07) is 20.7. The number of anilines is 1. The lowest BCUT2D eigenvalue weighted by Gasteiger charge is -2.45. The Labute approximate surface area is 172 Å². The van der Waals surface area contributed by atoms with Crippen molar-refractivity contribution < 1.29 is 14.7 Å². The molecule has 29 heavy (non-hydrogen) atoms. The highest BCUT2D eigenvalue weighted by atomic mass is 35.5. The maximum atomic E-state index is 13.6. The summed E-state index contributed by atoms with van der Waals surface area (Å²) < 4.78 is 0. The van der Waals surface area contributed by atoms with Gasteiger partial charge in [0.1, 0.15) is 5.75 Å². The molecule has 0 aromatic heterocycles. The number of imide groups is 1. The van der Waals surface area contributed by atoms with Crippen LogP contribution >= 0.6 is 11.6 Å². The molecule has 3 aromatic carbocycles. The van der Waals surface area contributed by atoms with Gasteiger partial charge in [0.15, 0.2) is 0 Å². The minimum absolute atomic E-state index is 0.159. The molecule has 2 amide bonds. The number of hydrogen-bond donors (Lipinski definition) is 1. The van der Waals surface area contributed by atoms with Gasteiger partial charge in [-0.3, -0.25) is 9.59 Å². The smallest absolute Gasteiger partial charge is 0.238 e. The predicted octanol–water partition coefficient (Wildman–Crippen LogP) is 4.44. The third kappa shape index (κ3) is 2.04. The van der Waals surface area contributed by atoms with Crippen LogP contribution in [0.25, 0.3) is 0 Å². The molecular formula is C24H16ClNO3. The van der Waals surface area contributed by atoms with E-state index in [0.717, 1.165) is 22.3 Å². The van der Waals surface area contributed by atoms with Crippen LogP contribution < -0.4 is 4.90 Å². The Morgan fingerprint density at radius 1 is 0.724 bits per heavy atom. The fraction of sp³-hybridized carbons (Fsp3) is 0.167. The molecule has 0 saturated carbocycles. The maximum absolute atomic E-state index is 13.6. The number of hydrogen-bond acceptors (Lipinski definition) is 3. The zero-order valence-electron chi connectivity index (χ0n) is 15.2. The fourth-order valence-corrected chi connectivity index (χ4v) is 5.77. The molecule has 2 bridgehead atoms. The SMILES string of the molecule is O=C1[C@@H]2C3c4ccccc4C(c4ccccc43)[C@H]2C(=O)N1c1ccc(Cl)cc1O. The molecule has 4 aliphatic rings. The Bertz CT molecular complexity index is 1100. The first-order valence-corrected chi connectivity index (χ1v) is 9.99. The van der Waals surface area contributed by atoms with E-state index in [0.29, 0.717) is 5.02 Å². The van der Waals surface area contributed by atoms with E-state index < -0.39 is 11.8 Å². The molecule has 1 saturated heterocycles. The number of aromatic hydroxyl groups is 1. The topological polar surface area (TPSA) is 57.6 Å². The monoisotopic (exact) mass is 401 g/mol. The van der Waals surface area contributed by atoms with E-state index in [4.69, 9.17) is 11.6 Å². The Kier molecular flexibility index (Phi) is 3.31. The van der Waals surface area contributed by atoms with Crippen molar-refractivity contribution in [2.75, 3.05) is 4.90 Å². The lowest BCUT2D eigenvalue weighted by atomic mass is 9.55. The van der Waals surface area contributed by atoms with Crippen LogP contribution in [0.15, 0.2) is 66.7 Å². The Balaban J connectivity index is 1.57. The van der Waals surface area contributed by atoms with Gasteiger partial charge in [0, 0.05) is 22.9 Å². The van der Waals surface area contributed by atoms with Crippen LogP contribution in [0.3, 0.4) is 0 Å². The van der Waals surface area contributed by atoms with E-state index in [1.165, 1.54) is 17.0 Å². The number of halogens is 1. The average molecular weight is 402 g/mol. The van der Waals surface area contributed by atoms with Crippen molar-refractivity contribution >= 4 is 29.1 Å². The molecule has 0 spiro atoms. The van der Waals surface area contributed by atoms with Crippen LogP contribution in [0.5, 0.6) is 5.75 Å². The second-order valence-corrected chi connectivity index (χ2v) is 8.35. The van der Waals surface area contributed by atoms with Crippen molar-refractivity contribution in [2.24, 2.45) is 11.8 Å². The first-order chi connectivity index (χ1) is 14.1. The Morgan fingerprint density at radius 2 is 1.17 bits per heavy atom. The summed E-state index contributed by atoms with van der Waals surface area (Å²) in [5, 5.41) is 10.7. The molecule has 5 heteroatoms. The highest BCUT2D eigenvalue weighted by Crippen LogP contribution is 2.61. The zero-order valence-corrected chi connectivity index (χ0v) is 16.0. The molecular weight excluding hydrogens is 386 g/mol. The highest BCUT2D eigenvalue weighted by molar-refractivity contribution is 6.31. The highest BCUT2D eigenvalue weighted by Gasteiger charge is 2.62. The molecule has 1 aliphatic heterocycles. The number of carbonyl (C=O) groups is 2. The lowest BCUT2D eigenvalue weighted by molar-refractivity contribution is -0.122. The number of rotatable bonds is 1. The number of carbonyl (C=O) groups excluding carboxylic acids is 2. The van der Waals surface area contributed by atoms with E-state index in [1.807, 2.05) is 24.3 Å². The van der Waals surface area contributed by atoms with Gasteiger partial charge in [0.25, 0.3) is 0 Å². The van der Waals surface area contributed by atoms with Crippen molar-refractivity contribution in [1.29, 1.82) is 0 Å². The van der Waals surface area contributed by atoms with Crippen molar-refractivity contribution in [3.63, 3.8) is 0 Å². The first kappa shape index (κ1) is 16.8. The predicted molar refractivity (Wildman–Crippen MR) is 109 cm³/mol. The number of amides is 2. The number of nitrogens with zero attached hydrogens (tertiary/aromatic N) is 1. The molecule has 3 aromatic rings. The van der Waals surface area contributed by atoms with Crippen LogP contribution in [0, 0.1) is 11.8 Å². The lowest BCUT2D eigenvalue weighted by Crippen LogP contribution is -2.41. The minimum Gasteiger partial charge on any atom is -0.506 e. The first-order valence-electron chi connectivity index (χ1n) is 9.62. The van der Waals surface area contributed by atoms with Gasteiger partial charge in [0.2, 0.25) is 11.8 Å². The molecule has 3 aliphatic carbocycles. The molecule has 0 radical (unpaired) electrons. The second kappa shape index (κ2) is 5.71. The molecule has 7 rings (SSSR count). The maximum Gasteiger partial charge on any atom is 0.238 e. The second-order valence-electron chi connectivity index (χ2n) is 7.91. The third-order valence-electron chi connectivity index (χ3n) is 6.63. The molecule has 142 valence electrons. The van der Waals surface area contributed by atoms with Crippen molar-refractivity contribution in [2.45, 2.75) is 11.8 Å². The van der Waals surface area contributed by atoms with Crippen LogP contribution in [0.1, 0.15) is 34.1 Å². The van der Waals surface area contributed by atoms with E-state index >= 15 is 0 Å². The van der Waals surface area contributed by atoms with Crippen LogP contribution in [-0.4, -0.2) is 16.9 Å². The normalized spacial score (nSPS) is 26.3. The largest absolute Gasteiger partial charge is 0.506 e. The Hall–Kier alpha value is -3.11. The van der Waals surface area contributed by atoms with Crippen LogP contribution in [0.4, 0.5) is 5.69 Å². The fourth-order valence-electron chi connectivity index (χ4n) is 5.60. The van der Waals surface area contributed by atoms with E-state index in [9.17, 15) is 14.7 Å². The molecule has 1 fully saturated rings. The van der Waals surface area contributed by atoms with Gasteiger partial charge >= 0.3 is 0 Å². The third-order valence-corrected chi connectivity index (χ3v) is 6.86. The summed E-state index contributed by atoms with van der Waals surface area (Å²) >= 11 is 5.95. The van der Waals surface area contributed by atoms with Crippen LogP contribution in [0.2, 0.25) is 5.02 Å². The quantitative estimate of drug-likeness (QED) is 0.613. The Morgan fingerprint density at radius 3 is 1.59 bits per heavy atom. The molecule has 2 atom stereocenters. The van der Waals surface area contributed by atoms with Gasteiger partial charge < -0.3 is 5.11 Å². The summed E-state index contributed by atoms with van der Waals surface area (Å²) in [5.74, 6) is -1.92. The van der Waals surface area contributed by atoms with Gasteiger partial charge in [-0.05, 0) is 34.4 Å². The molecule has 1 N–H and O–H groups in total. The van der Waals surface area contributed by atoms with Crippen molar-refractivity contribution in [3.05, 3.63) is 94.0 Å². The summed E-state index contributed by atoms with van der Waals surface area (Å²) in [7, 11) is 0. The van der Waals surface area contributed by atoms with Gasteiger partial charge in [-0.15, -0.1) is 0 Å². The van der Waals surface area contributed by atoms with Gasteiger partial charge in [-0.25, -0.2) is 4.90 Å². The zero-order chi connectivity index (χ0) is 19.9. The van der Waals surface area contributed by atoms with Crippen molar-refractivity contribution in [1.82, 2.24) is 0 Å². The van der Waals surface area contributed by atoms with Crippen molar-refractivity contribution in [3.8, 4) is 5.75 Å². The number of phenolic OH excluding ortho intramolecular Hbond substituents is 1. The van der Waals surface area contributed by atoms with Crippen LogP contribution in [-0.2, 0) is 9.59 Å². The summed E-state index contributed by atoms with van der Waals surface area (Å²) in [5.41, 5.74) is 4.70. The van der Waals surface area contributed by atoms with Gasteiger partial charge in [0.05, 0.1) is 17.5 Å². The van der Waals surface area contributed by atoms with E-state index in [1.54, 1.807) is 6.07 Å². The van der Waals surface area contributed by atoms with Gasteiger partial charge in [-0.2, -0.15) is 0 Å². The minimum atomic E-state index is -0.465.